The van der Waals surface area contributed by atoms with Crippen molar-refractivity contribution in [3.8, 4) is 11.1 Å². The van der Waals surface area contributed by atoms with Gasteiger partial charge in [0.1, 0.15) is 5.57 Å². The Hall–Kier alpha value is -1.62. The minimum atomic E-state index is -4.78. The Kier molecular flexibility index (Phi) is 4.28. The van der Waals surface area contributed by atoms with Crippen LogP contribution in [-0.4, -0.2) is 6.18 Å². The van der Waals surface area contributed by atoms with E-state index < -0.39 is 16.5 Å². The lowest BCUT2D eigenvalue weighted by Crippen LogP contribution is -2.12. The molecule has 2 rings (SSSR count). The van der Waals surface area contributed by atoms with Crippen molar-refractivity contribution in [2.75, 3.05) is 0 Å². The first-order chi connectivity index (χ1) is 9.41. The molecule has 0 saturated heterocycles. The van der Waals surface area contributed by atoms with Crippen LogP contribution in [0.4, 0.5) is 17.6 Å². The largest absolute Gasteiger partial charge is 0.420 e. The van der Waals surface area contributed by atoms with Gasteiger partial charge in [-0.15, -0.1) is 0 Å². The average Bonchev–Trinajstić information content (AvgIpc) is 2.38. The summed E-state index contributed by atoms with van der Waals surface area (Å²) in [6.07, 6.45) is -4.78. The van der Waals surface area contributed by atoms with Crippen LogP contribution in [0, 0.1) is 0 Å². The quantitative estimate of drug-likeness (QED) is 0.590. The third-order valence-electron chi connectivity index (χ3n) is 2.75. The van der Waals surface area contributed by atoms with Crippen LogP contribution in [-0.2, 0) is 0 Å². The number of hydrogen-bond acceptors (Lipinski definition) is 0. The molecule has 0 N–H and O–H groups in total. The molecule has 0 aliphatic rings. The summed E-state index contributed by atoms with van der Waals surface area (Å²) in [5.74, 6) is 0. The fourth-order valence-electron chi connectivity index (χ4n) is 1.93. The van der Waals surface area contributed by atoms with E-state index in [9.17, 15) is 17.6 Å². The smallest absolute Gasteiger partial charge is 0.198 e. The van der Waals surface area contributed by atoms with E-state index >= 15 is 0 Å². The van der Waals surface area contributed by atoms with E-state index in [-0.39, 0.29) is 5.56 Å². The highest BCUT2D eigenvalue weighted by Crippen LogP contribution is 2.42. The van der Waals surface area contributed by atoms with Crippen LogP contribution in [0.25, 0.3) is 16.7 Å². The Morgan fingerprint density at radius 1 is 0.850 bits per heavy atom. The van der Waals surface area contributed by atoms with Crippen molar-refractivity contribution >= 4 is 21.5 Å². The van der Waals surface area contributed by atoms with E-state index in [0.717, 1.165) is 0 Å². The summed E-state index contributed by atoms with van der Waals surface area (Å²) in [5.41, 5.74) is -0.578. The Morgan fingerprint density at radius 2 is 1.40 bits per heavy atom. The summed E-state index contributed by atoms with van der Waals surface area (Å²) in [5, 5.41) is 0. The number of hydrogen-bond donors (Lipinski definition) is 0. The number of alkyl halides is 3. The highest BCUT2D eigenvalue weighted by atomic mass is 79.9. The molecule has 2 aromatic carbocycles. The van der Waals surface area contributed by atoms with Gasteiger partial charge >= 0.3 is 6.18 Å². The summed E-state index contributed by atoms with van der Waals surface area (Å²) in [4.78, 5) is 0. The van der Waals surface area contributed by atoms with Crippen molar-refractivity contribution in [2.45, 2.75) is 6.18 Å². The van der Waals surface area contributed by atoms with Crippen LogP contribution in [0.1, 0.15) is 5.56 Å². The second-order valence-corrected chi connectivity index (χ2v) is 4.74. The maximum atomic E-state index is 13.3. The van der Waals surface area contributed by atoms with Crippen LogP contribution >= 0.6 is 15.9 Å². The lowest BCUT2D eigenvalue weighted by Gasteiger charge is -2.15. The Bertz CT molecular complexity index is 626. The maximum absolute atomic E-state index is 13.3. The summed E-state index contributed by atoms with van der Waals surface area (Å²) in [7, 11) is 0. The van der Waals surface area contributed by atoms with Gasteiger partial charge < -0.3 is 0 Å². The monoisotopic (exact) mass is 344 g/mol. The third-order valence-corrected chi connectivity index (χ3v) is 3.15. The molecule has 0 unspecified atom stereocenters. The first-order valence-corrected chi connectivity index (χ1v) is 6.48. The van der Waals surface area contributed by atoms with Gasteiger partial charge in [-0.25, -0.2) is 0 Å². The minimum Gasteiger partial charge on any atom is -0.198 e. The minimum absolute atomic E-state index is 0.194. The highest BCUT2D eigenvalue weighted by Gasteiger charge is 2.38. The molecule has 0 aliphatic heterocycles. The second kappa shape index (κ2) is 5.79. The molecule has 0 aromatic heterocycles. The first kappa shape index (κ1) is 14.8. The molecule has 0 spiro atoms. The van der Waals surface area contributed by atoms with Crippen LogP contribution in [0.5, 0.6) is 0 Å². The van der Waals surface area contributed by atoms with Crippen LogP contribution in [0.3, 0.4) is 0 Å². The van der Waals surface area contributed by atoms with Gasteiger partial charge in [-0.1, -0.05) is 54.6 Å². The molecule has 0 radical (unpaired) electrons. The molecule has 0 fully saturated rings. The lowest BCUT2D eigenvalue weighted by molar-refractivity contribution is -0.0696. The molecule has 0 saturated carbocycles. The second-order valence-electron chi connectivity index (χ2n) is 4.04. The standard InChI is InChI=1S/C15H9BrF4/c16-14(17)13(15(18,19)20)12-9-5-4-8-11(12)10-6-2-1-3-7-10/h1-9H. The predicted molar refractivity (Wildman–Crippen MR) is 74.9 cm³/mol. The lowest BCUT2D eigenvalue weighted by atomic mass is 9.95. The zero-order chi connectivity index (χ0) is 14.8. The average molecular weight is 345 g/mol. The van der Waals surface area contributed by atoms with Crippen molar-refractivity contribution in [3.63, 3.8) is 0 Å². The molecule has 0 aliphatic carbocycles. The van der Waals surface area contributed by atoms with Crippen molar-refractivity contribution in [1.82, 2.24) is 0 Å². The predicted octanol–water partition coefficient (Wildman–Crippen LogP) is 5.95. The molecule has 0 heterocycles. The highest BCUT2D eigenvalue weighted by molar-refractivity contribution is 9.11. The van der Waals surface area contributed by atoms with Crippen molar-refractivity contribution < 1.29 is 17.6 Å². The van der Waals surface area contributed by atoms with E-state index in [1.807, 2.05) is 0 Å². The van der Waals surface area contributed by atoms with Gasteiger partial charge in [0.2, 0.25) is 0 Å². The third kappa shape index (κ3) is 3.10. The van der Waals surface area contributed by atoms with Crippen LogP contribution in [0.15, 0.2) is 59.3 Å². The molecular formula is C15H9BrF4. The Balaban J connectivity index is 2.68. The molecule has 5 heteroatoms. The van der Waals surface area contributed by atoms with Gasteiger partial charge in [-0.2, -0.15) is 17.6 Å². The number of allylic oxidation sites excluding steroid dienone is 1. The van der Waals surface area contributed by atoms with E-state index in [4.69, 9.17) is 0 Å². The van der Waals surface area contributed by atoms with Gasteiger partial charge in [0.15, 0.2) is 4.74 Å². The van der Waals surface area contributed by atoms with Gasteiger partial charge in [0.25, 0.3) is 0 Å². The van der Waals surface area contributed by atoms with E-state index in [1.165, 1.54) is 18.2 Å². The molecular weight excluding hydrogens is 336 g/mol. The molecule has 0 atom stereocenters. The van der Waals surface area contributed by atoms with Crippen molar-refractivity contribution in [3.05, 3.63) is 64.9 Å². The molecule has 0 amide bonds. The summed E-state index contributed by atoms with van der Waals surface area (Å²) >= 11 is 2.31. The molecule has 2 aromatic rings. The van der Waals surface area contributed by atoms with Gasteiger partial charge in [0.05, 0.1) is 0 Å². The SMILES string of the molecule is FC(Br)=C(c1ccccc1-c1ccccc1)C(F)(F)F. The molecule has 0 nitrogen and oxygen atoms in total. The van der Waals surface area contributed by atoms with Gasteiger partial charge in [-0.05, 0) is 32.6 Å². The first-order valence-electron chi connectivity index (χ1n) is 5.68. The Labute approximate surface area is 121 Å². The Morgan fingerprint density at radius 3 is 1.95 bits per heavy atom. The van der Waals surface area contributed by atoms with E-state index in [2.05, 4.69) is 15.9 Å². The van der Waals surface area contributed by atoms with Crippen LogP contribution in [0.2, 0.25) is 0 Å². The fraction of sp³-hybridized carbons (Fsp3) is 0.0667. The summed E-state index contributed by atoms with van der Waals surface area (Å²) < 4.78 is 51.0. The van der Waals surface area contributed by atoms with E-state index in [0.29, 0.717) is 11.1 Å². The van der Waals surface area contributed by atoms with Gasteiger partial charge in [0, 0.05) is 0 Å². The van der Waals surface area contributed by atoms with Crippen molar-refractivity contribution in [1.29, 1.82) is 0 Å². The normalized spacial score (nSPS) is 13.1. The topological polar surface area (TPSA) is 0 Å². The number of halogens is 5. The van der Waals surface area contributed by atoms with Gasteiger partial charge in [-0.3, -0.25) is 0 Å². The number of benzene rings is 2. The van der Waals surface area contributed by atoms with Crippen molar-refractivity contribution in [2.24, 2.45) is 0 Å². The van der Waals surface area contributed by atoms with E-state index in [1.54, 1.807) is 36.4 Å². The molecule has 0 bridgehead atoms. The van der Waals surface area contributed by atoms with Crippen LogP contribution < -0.4 is 0 Å². The molecule has 104 valence electrons. The number of rotatable bonds is 2. The summed E-state index contributed by atoms with van der Waals surface area (Å²) in [6, 6.07) is 14.4. The molecule has 20 heavy (non-hydrogen) atoms. The maximum Gasteiger partial charge on any atom is 0.420 e. The summed E-state index contributed by atoms with van der Waals surface area (Å²) in [6.45, 7) is 0. The zero-order valence-corrected chi connectivity index (χ0v) is 11.7. The zero-order valence-electron chi connectivity index (χ0n) is 10.1. The fourth-order valence-corrected chi connectivity index (χ4v) is 2.37.